The van der Waals surface area contributed by atoms with Crippen LogP contribution in [0.25, 0.3) is 10.9 Å². The Bertz CT molecular complexity index is 704. The van der Waals surface area contributed by atoms with Crippen molar-refractivity contribution in [2.45, 2.75) is 33.1 Å². The zero-order valence-electron chi connectivity index (χ0n) is 16.9. The van der Waals surface area contributed by atoms with Crippen molar-refractivity contribution in [1.82, 2.24) is 15.6 Å². The third-order valence-electron chi connectivity index (χ3n) is 4.41. The number of guanidine groups is 1. The lowest BCUT2D eigenvalue weighted by molar-refractivity contribution is 0.253. The van der Waals surface area contributed by atoms with Gasteiger partial charge in [0.2, 0.25) is 0 Å². The third kappa shape index (κ3) is 8.60. The van der Waals surface area contributed by atoms with Crippen LogP contribution in [0.2, 0.25) is 0 Å². The number of halogens is 1. The summed E-state index contributed by atoms with van der Waals surface area (Å²) in [5.74, 6) is 2.14. The Balaban J connectivity index is 0.00000392. The molecule has 1 unspecified atom stereocenters. The number of rotatable bonds is 11. The lowest BCUT2D eigenvalue weighted by Gasteiger charge is -2.15. The van der Waals surface area contributed by atoms with Gasteiger partial charge in [-0.05, 0) is 43.9 Å². The van der Waals surface area contributed by atoms with E-state index in [2.05, 4.69) is 51.9 Å². The molecular formula is C21H34IN5O. The Kier molecular flexibility index (Phi) is 12.6. The summed E-state index contributed by atoms with van der Waals surface area (Å²) in [4.78, 5) is 9.30. The molecule has 4 N–H and O–H groups in total. The quantitative estimate of drug-likeness (QED) is 0.164. The lowest BCUT2D eigenvalue weighted by atomic mass is 10.0. The normalized spacial score (nSPS) is 12.3. The van der Waals surface area contributed by atoms with Gasteiger partial charge < -0.3 is 21.1 Å². The van der Waals surface area contributed by atoms with Gasteiger partial charge in [-0.25, -0.2) is 4.98 Å². The predicted molar refractivity (Wildman–Crippen MR) is 130 cm³/mol. The number of nitrogens with zero attached hydrogens (tertiary/aromatic N) is 2. The smallest absolute Gasteiger partial charge is 0.191 e. The van der Waals surface area contributed by atoms with Gasteiger partial charge in [-0.3, -0.25) is 4.99 Å². The van der Waals surface area contributed by atoms with E-state index in [1.807, 2.05) is 24.3 Å². The average molecular weight is 499 g/mol. The van der Waals surface area contributed by atoms with E-state index in [9.17, 15) is 5.11 Å². The van der Waals surface area contributed by atoms with Crippen molar-refractivity contribution in [2.75, 3.05) is 38.1 Å². The first-order chi connectivity index (χ1) is 13.3. The van der Waals surface area contributed by atoms with Crippen molar-refractivity contribution in [3.8, 4) is 0 Å². The highest BCUT2D eigenvalue weighted by atomic mass is 127. The third-order valence-corrected chi connectivity index (χ3v) is 4.41. The zero-order valence-corrected chi connectivity index (χ0v) is 19.3. The van der Waals surface area contributed by atoms with Crippen molar-refractivity contribution in [3.05, 3.63) is 36.4 Å². The molecular weight excluding hydrogens is 465 g/mol. The maximum Gasteiger partial charge on any atom is 0.191 e. The van der Waals surface area contributed by atoms with Crippen molar-refractivity contribution >= 4 is 46.7 Å². The summed E-state index contributed by atoms with van der Waals surface area (Å²) in [6.45, 7) is 7.53. The minimum absolute atomic E-state index is 0. The maximum absolute atomic E-state index is 9.19. The van der Waals surface area contributed by atoms with E-state index in [-0.39, 0.29) is 30.6 Å². The molecule has 1 heterocycles. The topological polar surface area (TPSA) is 81.6 Å². The number of para-hydroxylation sites is 1. The van der Waals surface area contributed by atoms with Crippen LogP contribution in [0.15, 0.2) is 41.4 Å². The molecule has 6 nitrogen and oxygen atoms in total. The molecule has 0 saturated carbocycles. The van der Waals surface area contributed by atoms with Crippen LogP contribution in [0, 0.1) is 5.92 Å². The van der Waals surface area contributed by atoms with Gasteiger partial charge in [0.1, 0.15) is 5.82 Å². The number of aliphatic hydroxyl groups is 1. The summed E-state index contributed by atoms with van der Waals surface area (Å²) in [7, 11) is 0. The average Bonchev–Trinajstić information content (AvgIpc) is 2.69. The summed E-state index contributed by atoms with van der Waals surface area (Å²) in [5, 5.41) is 20.3. The first-order valence-electron chi connectivity index (χ1n) is 9.99. The Morgan fingerprint density at radius 3 is 2.64 bits per heavy atom. The summed E-state index contributed by atoms with van der Waals surface area (Å²) in [6.07, 6.45) is 3.03. The van der Waals surface area contributed by atoms with Crippen LogP contribution in [0.4, 0.5) is 5.82 Å². The van der Waals surface area contributed by atoms with E-state index in [1.165, 1.54) is 0 Å². The van der Waals surface area contributed by atoms with E-state index in [0.29, 0.717) is 5.92 Å². The summed E-state index contributed by atoms with van der Waals surface area (Å²) in [6, 6.07) is 12.2. The van der Waals surface area contributed by atoms with E-state index in [0.717, 1.165) is 68.1 Å². The van der Waals surface area contributed by atoms with Gasteiger partial charge in [0.05, 0.1) is 5.52 Å². The summed E-state index contributed by atoms with van der Waals surface area (Å²) < 4.78 is 0. The number of aliphatic hydroxyl groups excluding tert-OH is 1. The number of aliphatic imine (C=N–C) groups is 1. The Hall–Kier alpha value is -1.61. The standard InChI is InChI=1S/C21H33N5O.HI/c1-3-7-17(12-15-27)16-25-21(22-4-2)24-14-13-23-20-11-10-18-8-5-6-9-19(18)26-20;/h5-6,8-11,17,27H,3-4,7,12-16H2,1-2H3,(H,23,26)(H2,22,24,25);1H. The Labute approximate surface area is 185 Å². The first-order valence-corrected chi connectivity index (χ1v) is 9.99. The fourth-order valence-electron chi connectivity index (χ4n) is 3.02. The number of hydrogen-bond acceptors (Lipinski definition) is 4. The van der Waals surface area contributed by atoms with Gasteiger partial charge in [-0.15, -0.1) is 24.0 Å². The van der Waals surface area contributed by atoms with E-state index >= 15 is 0 Å². The molecule has 1 atom stereocenters. The number of anilines is 1. The molecule has 2 aromatic rings. The number of benzene rings is 1. The van der Waals surface area contributed by atoms with Crippen molar-refractivity contribution < 1.29 is 5.11 Å². The monoisotopic (exact) mass is 499 g/mol. The molecule has 0 spiro atoms. The fourth-order valence-corrected chi connectivity index (χ4v) is 3.02. The van der Waals surface area contributed by atoms with Crippen molar-refractivity contribution in [1.29, 1.82) is 0 Å². The van der Waals surface area contributed by atoms with E-state index in [4.69, 9.17) is 0 Å². The Morgan fingerprint density at radius 2 is 1.89 bits per heavy atom. The molecule has 0 saturated heterocycles. The highest BCUT2D eigenvalue weighted by Crippen LogP contribution is 2.14. The van der Waals surface area contributed by atoms with Gasteiger partial charge >= 0.3 is 0 Å². The number of hydrogen-bond donors (Lipinski definition) is 4. The second-order valence-electron chi connectivity index (χ2n) is 6.63. The lowest BCUT2D eigenvalue weighted by Crippen LogP contribution is -2.40. The van der Waals surface area contributed by atoms with Crippen molar-refractivity contribution in [2.24, 2.45) is 10.9 Å². The molecule has 2 rings (SSSR count). The van der Waals surface area contributed by atoms with Crippen LogP contribution in [0.3, 0.4) is 0 Å². The summed E-state index contributed by atoms with van der Waals surface area (Å²) in [5.41, 5.74) is 0.996. The molecule has 0 aliphatic carbocycles. The predicted octanol–water partition coefficient (Wildman–Crippen LogP) is 3.62. The molecule has 0 amide bonds. The van der Waals surface area contributed by atoms with Crippen LogP contribution < -0.4 is 16.0 Å². The number of nitrogens with one attached hydrogen (secondary N) is 3. The molecule has 1 aromatic carbocycles. The minimum Gasteiger partial charge on any atom is -0.396 e. The largest absolute Gasteiger partial charge is 0.396 e. The van der Waals surface area contributed by atoms with Gasteiger partial charge in [0.25, 0.3) is 0 Å². The van der Waals surface area contributed by atoms with Crippen LogP contribution in [-0.2, 0) is 0 Å². The number of fused-ring (bicyclic) bond motifs is 1. The van der Waals surface area contributed by atoms with Gasteiger partial charge in [-0.2, -0.15) is 0 Å². The van der Waals surface area contributed by atoms with Crippen LogP contribution >= 0.6 is 24.0 Å². The molecule has 28 heavy (non-hydrogen) atoms. The Morgan fingerprint density at radius 1 is 1.07 bits per heavy atom. The number of pyridine rings is 1. The van der Waals surface area contributed by atoms with E-state index in [1.54, 1.807) is 0 Å². The molecule has 0 aliphatic rings. The van der Waals surface area contributed by atoms with E-state index < -0.39 is 0 Å². The first kappa shape index (κ1) is 24.4. The molecule has 0 fully saturated rings. The fraction of sp³-hybridized carbons (Fsp3) is 0.524. The molecule has 1 aromatic heterocycles. The highest BCUT2D eigenvalue weighted by Gasteiger charge is 2.07. The van der Waals surface area contributed by atoms with Crippen LogP contribution in [-0.4, -0.2) is 48.8 Å². The molecule has 0 aliphatic heterocycles. The van der Waals surface area contributed by atoms with Gasteiger partial charge in [0.15, 0.2) is 5.96 Å². The number of aromatic nitrogens is 1. The van der Waals surface area contributed by atoms with Crippen molar-refractivity contribution in [3.63, 3.8) is 0 Å². The van der Waals surface area contributed by atoms with Gasteiger partial charge in [0, 0.05) is 38.2 Å². The SMILES string of the molecule is CCCC(CCO)CN=C(NCC)NCCNc1ccc2ccccc2n1.I. The highest BCUT2D eigenvalue weighted by molar-refractivity contribution is 14.0. The van der Waals surface area contributed by atoms with Gasteiger partial charge in [-0.1, -0.05) is 31.5 Å². The van der Waals surface area contributed by atoms with Crippen LogP contribution in [0.5, 0.6) is 0 Å². The van der Waals surface area contributed by atoms with Crippen LogP contribution in [0.1, 0.15) is 33.1 Å². The second-order valence-corrected chi connectivity index (χ2v) is 6.63. The summed E-state index contributed by atoms with van der Waals surface area (Å²) >= 11 is 0. The second kappa shape index (κ2) is 14.4. The molecule has 0 radical (unpaired) electrons. The molecule has 156 valence electrons. The minimum atomic E-state index is 0. The molecule has 0 bridgehead atoms. The zero-order chi connectivity index (χ0) is 19.3. The molecule has 7 heteroatoms. The maximum atomic E-state index is 9.19.